The van der Waals surface area contributed by atoms with Gasteiger partial charge in [0, 0.05) is 18.2 Å². The van der Waals surface area contributed by atoms with Gasteiger partial charge in [0.2, 0.25) is 0 Å². The van der Waals surface area contributed by atoms with Crippen LogP contribution in [-0.4, -0.2) is 37.6 Å². The molecule has 9 heteroatoms. The largest absolute Gasteiger partial charge is 0.504 e. The number of aryl methyl sites for hydroxylation is 1. The van der Waals surface area contributed by atoms with Crippen molar-refractivity contribution in [3.05, 3.63) is 69.9 Å². The van der Waals surface area contributed by atoms with E-state index in [2.05, 4.69) is 36.4 Å². The molecular weight excluding hydrogens is 444 g/mol. The number of aromatic carboxylic acids is 1. The second-order valence-corrected chi connectivity index (χ2v) is 9.04. The van der Waals surface area contributed by atoms with E-state index in [1.54, 1.807) is 18.7 Å². The summed E-state index contributed by atoms with van der Waals surface area (Å²) in [5.74, 6) is -1.82. The number of aromatic hydroxyl groups is 1. The molecule has 0 bridgehead atoms. The van der Waals surface area contributed by atoms with E-state index in [-0.39, 0.29) is 33.0 Å². The van der Waals surface area contributed by atoms with E-state index in [0.717, 1.165) is 5.56 Å². The molecule has 3 aromatic rings. The van der Waals surface area contributed by atoms with Crippen molar-refractivity contribution in [2.45, 2.75) is 33.1 Å². The number of carbonyl (C=O) groups excluding carboxylic acids is 1. The SMILES string of the molecule is CC(=NNC(=O)c1ccc(C(=O)O)c(Cl)c1)c1nn(C)c(-c2ccc(C(C)(C)C)cc2)c1O. The summed E-state index contributed by atoms with van der Waals surface area (Å²) in [4.78, 5) is 23.5. The molecule has 0 radical (unpaired) electrons. The molecule has 0 unspecified atom stereocenters. The molecule has 1 aromatic heterocycles. The second-order valence-electron chi connectivity index (χ2n) is 8.63. The van der Waals surface area contributed by atoms with Crippen LogP contribution in [0, 0.1) is 0 Å². The molecule has 1 amide bonds. The minimum absolute atomic E-state index is 0.0117. The highest BCUT2D eigenvalue weighted by Gasteiger charge is 2.21. The van der Waals surface area contributed by atoms with Crippen LogP contribution in [0.2, 0.25) is 5.02 Å². The lowest BCUT2D eigenvalue weighted by Crippen LogP contribution is -2.19. The summed E-state index contributed by atoms with van der Waals surface area (Å²) < 4.78 is 1.56. The Balaban J connectivity index is 1.83. The fourth-order valence-corrected chi connectivity index (χ4v) is 3.55. The Morgan fingerprint density at radius 3 is 2.30 bits per heavy atom. The number of carboxylic acid groups (broad SMARTS) is 1. The van der Waals surface area contributed by atoms with Crippen LogP contribution in [0.4, 0.5) is 0 Å². The van der Waals surface area contributed by atoms with E-state index < -0.39 is 11.9 Å². The maximum Gasteiger partial charge on any atom is 0.337 e. The Hall–Kier alpha value is -3.65. The molecular formula is C24H25ClN4O4. The minimum atomic E-state index is -1.18. The number of hydrogen-bond donors (Lipinski definition) is 3. The molecule has 3 rings (SSSR count). The van der Waals surface area contributed by atoms with Crippen molar-refractivity contribution in [1.82, 2.24) is 15.2 Å². The first-order valence-corrected chi connectivity index (χ1v) is 10.5. The number of halogens is 1. The smallest absolute Gasteiger partial charge is 0.337 e. The lowest BCUT2D eigenvalue weighted by molar-refractivity contribution is 0.0696. The highest BCUT2D eigenvalue weighted by Crippen LogP contribution is 2.33. The highest BCUT2D eigenvalue weighted by molar-refractivity contribution is 6.33. The Morgan fingerprint density at radius 2 is 1.76 bits per heavy atom. The van der Waals surface area contributed by atoms with E-state index in [1.807, 2.05) is 24.3 Å². The van der Waals surface area contributed by atoms with E-state index in [1.165, 1.54) is 23.8 Å². The summed E-state index contributed by atoms with van der Waals surface area (Å²) in [6, 6.07) is 11.7. The van der Waals surface area contributed by atoms with Gasteiger partial charge in [-0.1, -0.05) is 56.6 Å². The molecule has 0 saturated carbocycles. The van der Waals surface area contributed by atoms with E-state index >= 15 is 0 Å². The van der Waals surface area contributed by atoms with Crippen molar-refractivity contribution in [2.24, 2.45) is 12.1 Å². The van der Waals surface area contributed by atoms with E-state index in [0.29, 0.717) is 11.4 Å². The van der Waals surface area contributed by atoms with Crippen molar-refractivity contribution < 1.29 is 19.8 Å². The standard InChI is InChI=1S/C24H25ClN4O4/c1-13(26-27-22(31)15-8-11-17(23(32)33)18(25)12-15)19-21(30)20(29(5)28-19)14-6-9-16(10-7-14)24(2,3)4/h6-12,30H,1-5H3,(H,27,31)(H,32,33). The Kier molecular flexibility index (Phi) is 6.60. The maximum absolute atomic E-state index is 12.4. The van der Waals surface area contributed by atoms with Crippen molar-refractivity contribution >= 4 is 29.2 Å². The molecule has 3 N–H and O–H groups in total. The lowest BCUT2D eigenvalue weighted by Gasteiger charge is -2.19. The quantitative estimate of drug-likeness (QED) is 0.374. The van der Waals surface area contributed by atoms with Crippen molar-refractivity contribution in [3.63, 3.8) is 0 Å². The van der Waals surface area contributed by atoms with Crippen LogP contribution in [0.5, 0.6) is 5.75 Å². The van der Waals surface area contributed by atoms with Gasteiger partial charge in [0.25, 0.3) is 5.91 Å². The molecule has 8 nitrogen and oxygen atoms in total. The maximum atomic E-state index is 12.4. The zero-order valence-corrected chi connectivity index (χ0v) is 19.7. The highest BCUT2D eigenvalue weighted by atomic mass is 35.5. The number of carboxylic acids is 1. The van der Waals surface area contributed by atoms with Crippen LogP contribution >= 0.6 is 11.6 Å². The number of carbonyl (C=O) groups is 2. The van der Waals surface area contributed by atoms with Crippen LogP contribution in [0.15, 0.2) is 47.6 Å². The predicted octanol–water partition coefficient (Wildman–Crippen LogP) is 4.60. The topological polar surface area (TPSA) is 117 Å². The molecule has 0 aliphatic rings. The van der Waals surface area contributed by atoms with Gasteiger partial charge in [-0.25, -0.2) is 10.2 Å². The molecule has 0 fully saturated rings. The molecule has 0 aliphatic carbocycles. The summed E-state index contributed by atoms with van der Waals surface area (Å²) in [7, 11) is 1.72. The fraction of sp³-hybridized carbons (Fsp3) is 0.250. The van der Waals surface area contributed by atoms with Crippen LogP contribution in [0.1, 0.15) is 59.7 Å². The van der Waals surface area contributed by atoms with Crippen LogP contribution < -0.4 is 5.43 Å². The summed E-state index contributed by atoms with van der Waals surface area (Å²) in [6.07, 6.45) is 0. The second kappa shape index (κ2) is 9.07. The normalized spacial score (nSPS) is 12.0. The van der Waals surface area contributed by atoms with Gasteiger partial charge in [0.15, 0.2) is 11.4 Å². The number of nitrogens with zero attached hydrogens (tertiary/aromatic N) is 3. The molecule has 1 heterocycles. The average molecular weight is 469 g/mol. The van der Waals surface area contributed by atoms with Gasteiger partial charge in [0.1, 0.15) is 5.69 Å². The fourth-order valence-electron chi connectivity index (χ4n) is 3.29. The van der Waals surface area contributed by atoms with Crippen molar-refractivity contribution in [2.75, 3.05) is 0 Å². The summed E-state index contributed by atoms with van der Waals surface area (Å²) >= 11 is 5.92. The Labute approximate surface area is 196 Å². The zero-order chi connectivity index (χ0) is 24.5. The number of hydrogen-bond acceptors (Lipinski definition) is 5. The first-order chi connectivity index (χ1) is 15.4. The summed E-state index contributed by atoms with van der Waals surface area (Å²) in [6.45, 7) is 7.99. The number of hydrazone groups is 1. The van der Waals surface area contributed by atoms with Gasteiger partial charge >= 0.3 is 5.97 Å². The van der Waals surface area contributed by atoms with Crippen LogP contribution in [0.25, 0.3) is 11.3 Å². The third kappa shape index (κ3) is 5.06. The Morgan fingerprint density at radius 1 is 1.12 bits per heavy atom. The van der Waals surface area contributed by atoms with Crippen LogP contribution in [-0.2, 0) is 12.5 Å². The molecule has 0 saturated heterocycles. The van der Waals surface area contributed by atoms with Crippen molar-refractivity contribution in [1.29, 1.82) is 0 Å². The Bertz CT molecular complexity index is 1250. The molecule has 33 heavy (non-hydrogen) atoms. The number of amides is 1. The minimum Gasteiger partial charge on any atom is -0.504 e. The van der Waals surface area contributed by atoms with Gasteiger partial charge in [-0.05, 0) is 36.1 Å². The van der Waals surface area contributed by atoms with Crippen molar-refractivity contribution in [3.8, 4) is 17.0 Å². The van der Waals surface area contributed by atoms with E-state index in [9.17, 15) is 14.7 Å². The third-order valence-corrected chi connectivity index (χ3v) is 5.49. The average Bonchev–Trinajstić information content (AvgIpc) is 3.04. The lowest BCUT2D eigenvalue weighted by atomic mass is 9.86. The summed E-state index contributed by atoms with van der Waals surface area (Å²) in [5, 5.41) is 28.2. The van der Waals surface area contributed by atoms with Gasteiger partial charge in [-0.15, -0.1) is 0 Å². The molecule has 0 aliphatic heterocycles. The third-order valence-electron chi connectivity index (χ3n) is 5.18. The number of nitrogens with one attached hydrogen (secondary N) is 1. The zero-order valence-electron chi connectivity index (χ0n) is 19.0. The number of aromatic nitrogens is 2. The number of rotatable bonds is 5. The summed E-state index contributed by atoms with van der Waals surface area (Å²) in [5.41, 5.74) is 5.45. The number of benzene rings is 2. The monoisotopic (exact) mass is 468 g/mol. The van der Waals surface area contributed by atoms with Gasteiger partial charge in [-0.2, -0.15) is 10.2 Å². The molecule has 2 aromatic carbocycles. The first-order valence-electron chi connectivity index (χ1n) is 10.1. The van der Waals surface area contributed by atoms with E-state index in [4.69, 9.17) is 16.7 Å². The van der Waals surface area contributed by atoms with Crippen LogP contribution in [0.3, 0.4) is 0 Å². The molecule has 172 valence electrons. The first kappa shape index (κ1) is 24.0. The molecule has 0 atom stereocenters. The van der Waals surface area contributed by atoms with Gasteiger partial charge in [0.05, 0.1) is 16.3 Å². The molecule has 0 spiro atoms. The van der Waals surface area contributed by atoms with Gasteiger partial charge in [-0.3, -0.25) is 9.48 Å². The predicted molar refractivity (Wildman–Crippen MR) is 127 cm³/mol. The van der Waals surface area contributed by atoms with Gasteiger partial charge < -0.3 is 10.2 Å².